The molecule has 16 heavy (non-hydrogen) atoms. The number of halogens is 1. The molecule has 1 aromatic carbocycles. The normalized spacial score (nSPS) is 10.1. The maximum atomic E-state index is 13.3. The number of aromatic nitrogens is 1. The lowest BCUT2D eigenvalue weighted by molar-refractivity contribution is 0.632. The van der Waals surface area contributed by atoms with Gasteiger partial charge in [0.15, 0.2) is 0 Å². The molecule has 4 heteroatoms. The van der Waals surface area contributed by atoms with E-state index in [1.807, 2.05) is 18.2 Å². The molecule has 3 nitrogen and oxygen atoms in total. The Hall–Kier alpha value is -2.10. The minimum atomic E-state index is -0.416. The molecule has 1 heterocycles. The number of pyridine rings is 1. The van der Waals surface area contributed by atoms with Crippen LogP contribution < -0.4 is 10.6 Å². The van der Waals surface area contributed by atoms with Crippen LogP contribution in [0.25, 0.3) is 0 Å². The maximum Gasteiger partial charge on any atom is 0.148 e. The van der Waals surface area contributed by atoms with Crippen molar-refractivity contribution in [2.45, 2.75) is 0 Å². The van der Waals surface area contributed by atoms with E-state index in [1.165, 1.54) is 6.07 Å². The van der Waals surface area contributed by atoms with E-state index in [2.05, 4.69) is 4.98 Å². The van der Waals surface area contributed by atoms with Crippen molar-refractivity contribution in [2.24, 2.45) is 0 Å². The average Bonchev–Trinajstić information content (AvgIpc) is 2.33. The zero-order valence-corrected chi connectivity index (χ0v) is 8.89. The smallest absolute Gasteiger partial charge is 0.148 e. The van der Waals surface area contributed by atoms with Crippen molar-refractivity contribution in [3.8, 4) is 0 Å². The predicted octanol–water partition coefficient (Wildman–Crippen LogP) is 2.57. The van der Waals surface area contributed by atoms with Crippen LogP contribution in [0.4, 0.5) is 21.6 Å². The van der Waals surface area contributed by atoms with Crippen molar-refractivity contribution in [1.82, 2.24) is 4.98 Å². The second-order valence-corrected chi connectivity index (χ2v) is 3.42. The standard InChI is InChI=1S/C12H12FN3/c1-16(11-7-2-3-8-15-11)10-6-4-5-9(13)12(10)14/h2-8H,14H2,1H3. The second-order valence-electron chi connectivity index (χ2n) is 3.42. The molecule has 0 spiro atoms. The highest BCUT2D eigenvalue weighted by Crippen LogP contribution is 2.28. The van der Waals surface area contributed by atoms with Crippen molar-refractivity contribution in [3.05, 3.63) is 48.4 Å². The van der Waals surface area contributed by atoms with Gasteiger partial charge in [0.1, 0.15) is 11.6 Å². The Morgan fingerprint density at radius 2 is 2.00 bits per heavy atom. The van der Waals surface area contributed by atoms with E-state index >= 15 is 0 Å². The molecule has 2 aromatic rings. The van der Waals surface area contributed by atoms with Crippen molar-refractivity contribution in [1.29, 1.82) is 0 Å². The lowest BCUT2D eigenvalue weighted by atomic mass is 10.2. The van der Waals surface area contributed by atoms with Crippen LogP contribution in [0.15, 0.2) is 42.6 Å². The number of hydrogen-bond donors (Lipinski definition) is 1. The Balaban J connectivity index is 2.42. The number of nitrogens with two attached hydrogens (primary N) is 1. The molecule has 0 aliphatic heterocycles. The molecule has 0 fully saturated rings. The van der Waals surface area contributed by atoms with Crippen molar-refractivity contribution in [2.75, 3.05) is 17.7 Å². The van der Waals surface area contributed by atoms with Gasteiger partial charge in [0.05, 0.1) is 11.4 Å². The van der Waals surface area contributed by atoms with Gasteiger partial charge in [-0.15, -0.1) is 0 Å². The first kappa shape index (κ1) is 10.4. The molecule has 0 bridgehead atoms. The molecular formula is C12H12FN3. The van der Waals surface area contributed by atoms with E-state index in [0.29, 0.717) is 5.69 Å². The highest BCUT2D eigenvalue weighted by Gasteiger charge is 2.10. The SMILES string of the molecule is CN(c1ccccn1)c1cccc(F)c1N. The molecule has 82 valence electrons. The van der Waals surface area contributed by atoms with Crippen molar-refractivity contribution < 1.29 is 4.39 Å². The van der Waals surface area contributed by atoms with Crippen molar-refractivity contribution >= 4 is 17.2 Å². The number of para-hydroxylation sites is 1. The molecule has 0 radical (unpaired) electrons. The second kappa shape index (κ2) is 4.18. The highest BCUT2D eigenvalue weighted by molar-refractivity contribution is 5.73. The molecule has 1 aromatic heterocycles. The third-order valence-electron chi connectivity index (χ3n) is 2.38. The first-order valence-corrected chi connectivity index (χ1v) is 4.89. The van der Waals surface area contributed by atoms with E-state index in [4.69, 9.17) is 5.73 Å². The first-order valence-electron chi connectivity index (χ1n) is 4.89. The quantitative estimate of drug-likeness (QED) is 0.786. The summed E-state index contributed by atoms with van der Waals surface area (Å²) >= 11 is 0. The van der Waals surface area contributed by atoms with Gasteiger partial charge in [0, 0.05) is 13.2 Å². The Kier molecular flexibility index (Phi) is 2.72. The first-order chi connectivity index (χ1) is 7.70. The lowest BCUT2D eigenvalue weighted by Gasteiger charge is -2.19. The monoisotopic (exact) mass is 217 g/mol. The topological polar surface area (TPSA) is 42.2 Å². The fraction of sp³-hybridized carbons (Fsp3) is 0.0833. The summed E-state index contributed by atoms with van der Waals surface area (Å²) in [5.41, 5.74) is 6.42. The van der Waals surface area contributed by atoms with Gasteiger partial charge >= 0.3 is 0 Å². The predicted molar refractivity (Wildman–Crippen MR) is 63.1 cm³/mol. The van der Waals surface area contributed by atoms with Gasteiger partial charge in [-0.05, 0) is 24.3 Å². The van der Waals surface area contributed by atoms with E-state index in [-0.39, 0.29) is 5.69 Å². The molecule has 0 amide bonds. The minimum Gasteiger partial charge on any atom is -0.395 e. The van der Waals surface area contributed by atoms with Crippen LogP contribution in [0.1, 0.15) is 0 Å². The number of anilines is 3. The van der Waals surface area contributed by atoms with Gasteiger partial charge in [0.2, 0.25) is 0 Å². The number of nitrogen functional groups attached to an aromatic ring is 1. The summed E-state index contributed by atoms with van der Waals surface area (Å²) in [7, 11) is 1.80. The molecule has 2 rings (SSSR count). The van der Waals surface area contributed by atoms with Gasteiger partial charge in [0.25, 0.3) is 0 Å². The van der Waals surface area contributed by atoms with Crippen LogP contribution >= 0.6 is 0 Å². The zero-order valence-electron chi connectivity index (χ0n) is 8.89. The van der Waals surface area contributed by atoms with Crippen LogP contribution in [0, 0.1) is 5.82 Å². The highest BCUT2D eigenvalue weighted by atomic mass is 19.1. The van der Waals surface area contributed by atoms with Crippen LogP contribution in [0.2, 0.25) is 0 Å². The van der Waals surface area contributed by atoms with E-state index in [0.717, 1.165) is 5.82 Å². The third-order valence-corrected chi connectivity index (χ3v) is 2.38. The number of nitrogens with zero attached hydrogens (tertiary/aromatic N) is 2. The van der Waals surface area contributed by atoms with Crippen LogP contribution in [-0.4, -0.2) is 12.0 Å². The molecule has 0 aliphatic carbocycles. The van der Waals surface area contributed by atoms with E-state index < -0.39 is 5.82 Å². The zero-order chi connectivity index (χ0) is 11.5. The van der Waals surface area contributed by atoms with Crippen molar-refractivity contribution in [3.63, 3.8) is 0 Å². The summed E-state index contributed by atoms with van der Waals surface area (Å²) in [4.78, 5) is 5.92. The van der Waals surface area contributed by atoms with Crippen LogP contribution in [-0.2, 0) is 0 Å². The summed E-state index contributed by atoms with van der Waals surface area (Å²) in [6.07, 6.45) is 1.68. The van der Waals surface area contributed by atoms with Crippen LogP contribution in [0.3, 0.4) is 0 Å². The summed E-state index contributed by atoms with van der Waals surface area (Å²) < 4.78 is 13.3. The molecule has 2 N–H and O–H groups in total. The number of benzene rings is 1. The van der Waals surface area contributed by atoms with Gasteiger partial charge in [-0.1, -0.05) is 12.1 Å². The fourth-order valence-electron chi connectivity index (χ4n) is 1.49. The molecule has 0 saturated carbocycles. The molecule has 0 saturated heterocycles. The van der Waals surface area contributed by atoms with Gasteiger partial charge in [-0.2, -0.15) is 0 Å². The largest absolute Gasteiger partial charge is 0.395 e. The summed E-state index contributed by atoms with van der Waals surface area (Å²) in [6, 6.07) is 10.3. The Morgan fingerprint density at radius 1 is 1.19 bits per heavy atom. The molecule has 0 aliphatic rings. The lowest BCUT2D eigenvalue weighted by Crippen LogP contribution is -2.13. The summed E-state index contributed by atoms with van der Waals surface area (Å²) in [6.45, 7) is 0. The summed E-state index contributed by atoms with van der Waals surface area (Å²) in [5.74, 6) is 0.306. The van der Waals surface area contributed by atoms with E-state index in [9.17, 15) is 4.39 Å². The van der Waals surface area contributed by atoms with Gasteiger partial charge < -0.3 is 10.6 Å². The molecule has 0 atom stereocenters. The molecular weight excluding hydrogens is 205 g/mol. The number of rotatable bonds is 2. The maximum absolute atomic E-state index is 13.3. The Morgan fingerprint density at radius 3 is 2.69 bits per heavy atom. The Bertz CT molecular complexity index is 485. The van der Waals surface area contributed by atoms with Crippen LogP contribution in [0.5, 0.6) is 0 Å². The Labute approximate surface area is 93.3 Å². The third kappa shape index (κ3) is 1.82. The molecule has 0 unspecified atom stereocenters. The van der Waals surface area contributed by atoms with Gasteiger partial charge in [-0.25, -0.2) is 9.37 Å². The minimum absolute atomic E-state index is 0.135. The van der Waals surface area contributed by atoms with Gasteiger partial charge in [-0.3, -0.25) is 0 Å². The fourth-order valence-corrected chi connectivity index (χ4v) is 1.49. The average molecular weight is 217 g/mol. The number of hydrogen-bond acceptors (Lipinski definition) is 3. The summed E-state index contributed by atoms with van der Waals surface area (Å²) in [5, 5.41) is 0. The van der Waals surface area contributed by atoms with E-state index in [1.54, 1.807) is 30.3 Å².